The van der Waals surface area contributed by atoms with Crippen LogP contribution in [-0.4, -0.2) is 64.0 Å². The third kappa shape index (κ3) is 3.37. The van der Waals surface area contributed by atoms with Crippen LogP contribution in [0, 0.1) is 6.92 Å². The van der Waals surface area contributed by atoms with Crippen LogP contribution in [0.5, 0.6) is 0 Å². The van der Waals surface area contributed by atoms with Crippen molar-refractivity contribution in [3.8, 4) is 0 Å². The maximum atomic E-state index is 12.8. The number of hydrogen-bond acceptors (Lipinski definition) is 5. The number of morpholine rings is 1. The molecule has 8 nitrogen and oxygen atoms in total. The molecule has 144 valence electrons. The monoisotopic (exact) mass is 372 g/mol. The van der Waals surface area contributed by atoms with Crippen molar-refractivity contribution in [1.82, 2.24) is 19.4 Å². The van der Waals surface area contributed by atoms with Crippen molar-refractivity contribution in [1.29, 1.82) is 0 Å². The second-order valence-corrected chi connectivity index (χ2v) is 7.06. The largest absolute Gasteiger partial charge is 0.459 e. The van der Waals surface area contributed by atoms with E-state index in [2.05, 4.69) is 4.98 Å². The second-order valence-electron chi connectivity index (χ2n) is 7.06. The number of ether oxygens (including phenoxy) is 1. The van der Waals surface area contributed by atoms with Crippen molar-refractivity contribution in [2.45, 2.75) is 32.9 Å². The van der Waals surface area contributed by atoms with Crippen LogP contribution in [0.4, 0.5) is 0 Å². The Morgan fingerprint density at radius 3 is 2.70 bits per heavy atom. The number of nitrogens with zero attached hydrogens (tertiary/aromatic N) is 4. The summed E-state index contributed by atoms with van der Waals surface area (Å²) < 4.78 is 12.7. The number of hydrogen-bond donors (Lipinski definition) is 0. The van der Waals surface area contributed by atoms with E-state index in [9.17, 15) is 9.59 Å². The zero-order chi connectivity index (χ0) is 19.0. The van der Waals surface area contributed by atoms with Gasteiger partial charge >= 0.3 is 0 Å². The highest BCUT2D eigenvalue weighted by atomic mass is 16.5. The molecule has 1 saturated heterocycles. The van der Waals surface area contributed by atoms with Gasteiger partial charge in [0.25, 0.3) is 5.91 Å². The molecule has 2 amide bonds. The third-order valence-electron chi connectivity index (χ3n) is 5.29. The van der Waals surface area contributed by atoms with Crippen molar-refractivity contribution in [3.63, 3.8) is 0 Å². The fourth-order valence-electron chi connectivity index (χ4n) is 3.71. The Bertz CT molecular complexity index is 850. The standard InChI is InChI=1S/C19H24N4O4/c1-13-3-8-27-17(13)19(25)23-5-4-22-12-15(20-18(22)14(23)2)11-16(24)21-6-9-26-10-7-21/h3,8,12,14H,4-7,9-11H2,1-2H3. The Labute approximate surface area is 157 Å². The fraction of sp³-hybridized carbons (Fsp3) is 0.526. The van der Waals surface area contributed by atoms with Gasteiger partial charge < -0.3 is 23.5 Å². The van der Waals surface area contributed by atoms with E-state index in [4.69, 9.17) is 9.15 Å². The summed E-state index contributed by atoms with van der Waals surface area (Å²) in [5.41, 5.74) is 1.58. The minimum atomic E-state index is -0.178. The third-order valence-corrected chi connectivity index (χ3v) is 5.29. The van der Waals surface area contributed by atoms with E-state index in [1.54, 1.807) is 11.0 Å². The molecular weight excluding hydrogens is 348 g/mol. The zero-order valence-electron chi connectivity index (χ0n) is 15.7. The van der Waals surface area contributed by atoms with Crippen LogP contribution < -0.4 is 0 Å². The highest BCUT2D eigenvalue weighted by molar-refractivity contribution is 5.93. The summed E-state index contributed by atoms with van der Waals surface area (Å²) in [5.74, 6) is 1.14. The first-order valence-electron chi connectivity index (χ1n) is 9.31. The van der Waals surface area contributed by atoms with Gasteiger partial charge in [-0.3, -0.25) is 9.59 Å². The van der Waals surface area contributed by atoms with Gasteiger partial charge in [-0.25, -0.2) is 4.98 Å². The van der Waals surface area contributed by atoms with Gasteiger partial charge in [-0.2, -0.15) is 0 Å². The molecule has 4 rings (SSSR count). The number of amides is 2. The molecule has 2 aromatic rings. The zero-order valence-corrected chi connectivity index (χ0v) is 15.7. The molecule has 1 atom stereocenters. The molecule has 1 fully saturated rings. The van der Waals surface area contributed by atoms with Crippen LogP contribution in [0.2, 0.25) is 0 Å². The molecule has 0 aliphatic carbocycles. The Morgan fingerprint density at radius 2 is 2.00 bits per heavy atom. The normalized spacial score (nSPS) is 19.9. The second kappa shape index (κ2) is 7.19. The lowest BCUT2D eigenvalue weighted by Crippen LogP contribution is -2.41. The van der Waals surface area contributed by atoms with E-state index < -0.39 is 0 Å². The molecule has 27 heavy (non-hydrogen) atoms. The fourth-order valence-corrected chi connectivity index (χ4v) is 3.71. The molecule has 8 heteroatoms. The first kappa shape index (κ1) is 17.8. The van der Waals surface area contributed by atoms with E-state index in [0.29, 0.717) is 45.2 Å². The summed E-state index contributed by atoms with van der Waals surface area (Å²) in [7, 11) is 0. The Hall–Kier alpha value is -2.61. The molecule has 2 aliphatic heterocycles. The van der Waals surface area contributed by atoms with Gasteiger partial charge in [-0.1, -0.05) is 0 Å². The lowest BCUT2D eigenvalue weighted by Gasteiger charge is -2.33. The molecule has 4 heterocycles. The van der Waals surface area contributed by atoms with E-state index in [1.807, 2.05) is 29.5 Å². The summed E-state index contributed by atoms with van der Waals surface area (Å²) in [5, 5.41) is 0. The Kier molecular flexibility index (Phi) is 4.73. The van der Waals surface area contributed by atoms with Crippen molar-refractivity contribution in [2.75, 3.05) is 32.8 Å². The number of imidazole rings is 1. The number of aryl methyl sites for hydroxylation is 1. The van der Waals surface area contributed by atoms with Gasteiger partial charge in [0.05, 0.1) is 37.6 Å². The quantitative estimate of drug-likeness (QED) is 0.814. The summed E-state index contributed by atoms with van der Waals surface area (Å²) in [6.45, 7) is 7.51. The van der Waals surface area contributed by atoms with Crippen molar-refractivity contribution in [3.05, 3.63) is 41.4 Å². The minimum Gasteiger partial charge on any atom is -0.459 e. The van der Waals surface area contributed by atoms with Gasteiger partial charge in [-0.15, -0.1) is 0 Å². The molecule has 0 bridgehead atoms. The van der Waals surface area contributed by atoms with Crippen LogP contribution in [0.25, 0.3) is 0 Å². The van der Waals surface area contributed by atoms with Crippen LogP contribution >= 0.6 is 0 Å². The molecule has 0 N–H and O–H groups in total. The average Bonchev–Trinajstić information content (AvgIpc) is 3.28. The number of carbonyl (C=O) groups excluding carboxylic acids is 2. The number of fused-ring (bicyclic) bond motifs is 1. The smallest absolute Gasteiger partial charge is 0.290 e. The number of carbonyl (C=O) groups is 2. The van der Waals surface area contributed by atoms with Crippen LogP contribution in [0.15, 0.2) is 22.9 Å². The summed E-state index contributed by atoms with van der Waals surface area (Å²) in [6.07, 6.45) is 3.75. The molecule has 2 aliphatic rings. The maximum absolute atomic E-state index is 12.8. The summed E-state index contributed by atoms with van der Waals surface area (Å²) >= 11 is 0. The lowest BCUT2D eigenvalue weighted by molar-refractivity contribution is -0.134. The topological polar surface area (TPSA) is 80.8 Å². The Morgan fingerprint density at radius 1 is 1.22 bits per heavy atom. The predicted molar refractivity (Wildman–Crippen MR) is 96.2 cm³/mol. The molecular formula is C19H24N4O4. The van der Waals surface area contributed by atoms with Crippen molar-refractivity contribution >= 4 is 11.8 Å². The van der Waals surface area contributed by atoms with E-state index >= 15 is 0 Å². The van der Waals surface area contributed by atoms with Gasteiger partial charge in [0.2, 0.25) is 5.91 Å². The molecule has 0 radical (unpaired) electrons. The minimum absolute atomic E-state index is 0.0699. The van der Waals surface area contributed by atoms with Gasteiger partial charge in [0, 0.05) is 37.9 Å². The highest BCUT2D eigenvalue weighted by Crippen LogP contribution is 2.27. The molecule has 0 saturated carbocycles. The molecule has 2 aromatic heterocycles. The van der Waals surface area contributed by atoms with Crippen LogP contribution in [0.1, 0.15) is 40.6 Å². The highest BCUT2D eigenvalue weighted by Gasteiger charge is 2.32. The lowest BCUT2D eigenvalue weighted by atomic mass is 10.1. The van der Waals surface area contributed by atoms with E-state index in [-0.39, 0.29) is 24.3 Å². The Balaban J connectivity index is 1.48. The first-order chi connectivity index (χ1) is 13.0. The summed E-state index contributed by atoms with van der Waals surface area (Å²) in [6, 6.07) is 1.61. The van der Waals surface area contributed by atoms with Gasteiger partial charge in [-0.05, 0) is 19.9 Å². The summed E-state index contributed by atoms with van der Waals surface area (Å²) in [4.78, 5) is 33.5. The van der Waals surface area contributed by atoms with E-state index in [1.165, 1.54) is 6.26 Å². The number of aromatic nitrogens is 2. The van der Waals surface area contributed by atoms with Crippen molar-refractivity contribution < 1.29 is 18.7 Å². The van der Waals surface area contributed by atoms with Crippen molar-refractivity contribution in [2.24, 2.45) is 0 Å². The SMILES string of the molecule is Cc1ccoc1C(=O)N1CCn2cc(CC(=O)N3CCOCC3)nc2C1C. The van der Waals surface area contributed by atoms with Crippen LogP contribution in [-0.2, 0) is 22.5 Å². The van der Waals surface area contributed by atoms with E-state index in [0.717, 1.165) is 17.1 Å². The molecule has 0 aromatic carbocycles. The van der Waals surface area contributed by atoms with Gasteiger partial charge in [0.1, 0.15) is 5.82 Å². The molecule has 1 unspecified atom stereocenters. The van der Waals surface area contributed by atoms with Gasteiger partial charge in [0.15, 0.2) is 5.76 Å². The maximum Gasteiger partial charge on any atom is 0.290 e. The predicted octanol–water partition coefficient (Wildman–Crippen LogP) is 1.40. The molecule has 0 spiro atoms. The first-order valence-corrected chi connectivity index (χ1v) is 9.31. The average molecular weight is 372 g/mol. The van der Waals surface area contributed by atoms with Crippen LogP contribution in [0.3, 0.4) is 0 Å². The number of rotatable bonds is 3. The number of furan rings is 1.